The number of rotatable bonds is 6. The molecule has 0 saturated carbocycles. The van der Waals surface area contributed by atoms with Crippen LogP contribution in [0.25, 0.3) is 0 Å². The van der Waals surface area contributed by atoms with Crippen LogP contribution in [0.1, 0.15) is 46.0 Å². The molecule has 1 aliphatic rings. The van der Waals surface area contributed by atoms with Gasteiger partial charge in [-0.15, -0.1) is 0 Å². The molecular weight excluding hydrogens is 262 g/mol. The van der Waals surface area contributed by atoms with Crippen molar-refractivity contribution in [3.8, 4) is 0 Å². The molecule has 0 aromatic heterocycles. The topological polar surface area (TPSA) is 95.6 Å². The lowest BCUT2D eigenvalue weighted by Crippen LogP contribution is -2.40. The molecule has 0 aromatic carbocycles. The number of likely N-dealkylation sites (tertiary alicyclic amines) is 1. The van der Waals surface area contributed by atoms with Crippen molar-refractivity contribution in [2.45, 2.75) is 46.0 Å². The average Bonchev–Trinajstić information content (AvgIpc) is 2.62. The first-order chi connectivity index (χ1) is 9.41. The molecule has 2 N–H and O–H groups in total. The summed E-state index contributed by atoms with van der Waals surface area (Å²) in [7, 11) is 0. The van der Waals surface area contributed by atoms with E-state index in [0.29, 0.717) is 32.2 Å². The number of carbonyl (C=O) groups is 4. The molecule has 0 radical (unpaired) electrons. The van der Waals surface area contributed by atoms with Crippen molar-refractivity contribution in [2.75, 3.05) is 6.54 Å². The molecule has 0 spiro atoms. The van der Waals surface area contributed by atoms with Crippen molar-refractivity contribution in [3.05, 3.63) is 0 Å². The van der Waals surface area contributed by atoms with Crippen LogP contribution < -0.4 is 10.9 Å². The summed E-state index contributed by atoms with van der Waals surface area (Å²) in [4.78, 5) is 46.3. The van der Waals surface area contributed by atoms with Crippen molar-refractivity contribution >= 4 is 23.6 Å². The fourth-order valence-corrected chi connectivity index (χ4v) is 2.04. The minimum absolute atomic E-state index is 0.0987. The van der Waals surface area contributed by atoms with E-state index in [1.54, 1.807) is 6.92 Å². The van der Waals surface area contributed by atoms with Crippen LogP contribution in [0, 0.1) is 5.92 Å². The van der Waals surface area contributed by atoms with Gasteiger partial charge in [0, 0.05) is 32.2 Å². The molecular formula is C13H21N3O4. The monoisotopic (exact) mass is 283 g/mol. The summed E-state index contributed by atoms with van der Waals surface area (Å²) in [6, 6.07) is 0. The van der Waals surface area contributed by atoms with Gasteiger partial charge in [-0.05, 0) is 12.8 Å². The molecule has 1 atom stereocenters. The summed E-state index contributed by atoms with van der Waals surface area (Å²) in [5.74, 6) is -0.976. The van der Waals surface area contributed by atoms with E-state index in [1.165, 1.54) is 11.8 Å². The number of carbonyl (C=O) groups excluding carboxylic acids is 4. The number of hydrogen-bond acceptors (Lipinski definition) is 4. The van der Waals surface area contributed by atoms with E-state index in [9.17, 15) is 19.2 Å². The molecule has 4 amide bonds. The lowest BCUT2D eigenvalue weighted by Gasteiger charge is -2.13. The molecule has 0 aliphatic carbocycles. The fraction of sp³-hybridized carbons (Fsp3) is 0.692. The molecule has 1 fully saturated rings. The Morgan fingerprint density at radius 1 is 1.20 bits per heavy atom. The molecule has 0 bridgehead atoms. The standard InChI is InChI=1S/C13H21N3O4/c1-9-8-12(19)16(13(9)20)7-5-3-4-6-11(18)15-14-10(2)17/h9H,3-8H2,1-2H3,(H,14,17)(H,15,18). The third-order valence-electron chi connectivity index (χ3n) is 3.13. The number of nitrogens with zero attached hydrogens (tertiary/aromatic N) is 1. The van der Waals surface area contributed by atoms with Gasteiger partial charge in [0.1, 0.15) is 0 Å². The van der Waals surface area contributed by atoms with E-state index in [4.69, 9.17) is 0 Å². The molecule has 112 valence electrons. The third kappa shape index (κ3) is 4.99. The Bertz CT molecular complexity index is 408. The molecule has 1 rings (SSSR count). The zero-order valence-corrected chi connectivity index (χ0v) is 11.9. The molecule has 0 aromatic rings. The maximum absolute atomic E-state index is 11.6. The number of amides is 4. The molecule has 7 heteroatoms. The Morgan fingerprint density at radius 2 is 1.90 bits per heavy atom. The largest absolute Gasteiger partial charge is 0.282 e. The maximum Gasteiger partial charge on any atom is 0.238 e. The van der Waals surface area contributed by atoms with E-state index in [-0.39, 0.29) is 29.5 Å². The lowest BCUT2D eigenvalue weighted by atomic mass is 10.1. The third-order valence-corrected chi connectivity index (χ3v) is 3.13. The Hall–Kier alpha value is -1.92. The van der Waals surface area contributed by atoms with Crippen molar-refractivity contribution in [2.24, 2.45) is 5.92 Å². The number of hydrazine groups is 1. The molecule has 7 nitrogen and oxygen atoms in total. The first-order valence-corrected chi connectivity index (χ1v) is 6.81. The van der Waals surface area contributed by atoms with Gasteiger partial charge in [0.25, 0.3) is 0 Å². The van der Waals surface area contributed by atoms with E-state index in [2.05, 4.69) is 10.9 Å². The zero-order valence-electron chi connectivity index (χ0n) is 11.9. The van der Waals surface area contributed by atoms with E-state index >= 15 is 0 Å². The Kier molecular flexibility index (Phi) is 6.14. The summed E-state index contributed by atoms with van der Waals surface area (Å²) in [5, 5.41) is 0. The molecule has 1 unspecified atom stereocenters. The molecule has 1 aliphatic heterocycles. The summed E-state index contributed by atoms with van der Waals surface area (Å²) >= 11 is 0. The second-order valence-electron chi connectivity index (χ2n) is 5.03. The highest BCUT2D eigenvalue weighted by atomic mass is 16.2. The fourth-order valence-electron chi connectivity index (χ4n) is 2.04. The van der Waals surface area contributed by atoms with Gasteiger partial charge < -0.3 is 0 Å². The SMILES string of the molecule is CC(=O)NNC(=O)CCCCCN1C(=O)CC(C)C1=O. The summed E-state index contributed by atoms with van der Waals surface area (Å²) in [6.45, 7) is 3.49. The highest BCUT2D eigenvalue weighted by Gasteiger charge is 2.34. The Morgan fingerprint density at radius 3 is 2.45 bits per heavy atom. The Labute approximate surface area is 118 Å². The van der Waals surface area contributed by atoms with Gasteiger partial charge in [0.05, 0.1) is 0 Å². The first kappa shape index (κ1) is 16.1. The number of imide groups is 1. The van der Waals surface area contributed by atoms with Crippen LogP contribution >= 0.6 is 0 Å². The number of hydrogen-bond donors (Lipinski definition) is 2. The van der Waals surface area contributed by atoms with Gasteiger partial charge in [-0.3, -0.25) is 34.9 Å². The van der Waals surface area contributed by atoms with Gasteiger partial charge in [-0.1, -0.05) is 13.3 Å². The van der Waals surface area contributed by atoms with Crippen LogP contribution in [0.5, 0.6) is 0 Å². The smallest absolute Gasteiger partial charge is 0.238 e. The van der Waals surface area contributed by atoms with Crippen molar-refractivity contribution in [1.29, 1.82) is 0 Å². The molecule has 1 saturated heterocycles. The average molecular weight is 283 g/mol. The van der Waals surface area contributed by atoms with Crippen LogP contribution in [0.4, 0.5) is 0 Å². The van der Waals surface area contributed by atoms with Gasteiger partial charge in [-0.25, -0.2) is 0 Å². The van der Waals surface area contributed by atoms with Crippen LogP contribution in [0.15, 0.2) is 0 Å². The molecule has 20 heavy (non-hydrogen) atoms. The minimum atomic E-state index is -0.321. The number of unbranched alkanes of at least 4 members (excludes halogenated alkanes) is 2. The highest BCUT2D eigenvalue weighted by molar-refractivity contribution is 6.03. The van der Waals surface area contributed by atoms with Crippen LogP contribution in [-0.2, 0) is 19.2 Å². The number of nitrogens with one attached hydrogen (secondary N) is 2. The maximum atomic E-state index is 11.6. The Balaban J connectivity index is 2.10. The van der Waals surface area contributed by atoms with E-state index < -0.39 is 0 Å². The second-order valence-corrected chi connectivity index (χ2v) is 5.03. The van der Waals surface area contributed by atoms with Gasteiger partial charge in [0.2, 0.25) is 23.6 Å². The summed E-state index contributed by atoms with van der Waals surface area (Å²) in [6.07, 6.45) is 2.70. The zero-order chi connectivity index (χ0) is 15.1. The van der Waals surface area contributed by atoms with Gasteiger partial charge in [-0.2, -0.15) is 0 Å². The van der Waals surface area contributed by atoms with Crippen molar-refractivity contribution in [1.82, 2.24) is 15.8 Å². The highest BCUT2D eigenvalue weighted by Crippen LogP contribution is 2.19. The quantitative estimate of drug-likeness (QED) is 0.411. The van der Waals surface area contributed by atoms with Gasteiger partial charge >= 0.3 is 0 Å². The normalized spacial score (nSPS) is 18.3. The van der Waals surface area contributed by atoms with Gasteiger partial charge in [0.15, 0.2) is 0 Å². The van der Waals surface area contributed by atoms with E-state index in [0.717, 1.165) is 6.42 Å². The predicted molar refractivity (Wildman–Crippen MR) is 70.9 cm³/mol. The van der Waals surface area contributed by atoms with Crippen molar-refractivity contribution < 1.29 is 19.2 Å². The van der Waals surface area contributed by atoms with Crippen LogP contribution in [0.2, 0.25) is 0 Å². The second kappa shape index (κ2) is 7.62. The minimum Gasteiger partial charge on any atom is -0.282 e. The van der Waals surface area contributed by atoms with E-state index in [1.807, 2.05) is 0 Å². The summed E-state index contributed by atoms with van der Waals surface area (Å²) < 4.78 is 0. The predicted octanol–water partition coefficient (Wildman–Crippen LogP) is 0.109. The van der Waals surface area contributed by atoms with Crippen LogP contribution in [0.3, 0.4) is 0 Å². The first-order valence-electron chi connectivity index (χ1n) is 6.81. The molecule has 1 heterocycles. The van der Waals surface area contributed by atoms with Crippen LogP contribution in [-0.4, -0.2) is 35.1 Å². The van der Waals surface area contributed by atoms with Crippen molar-refractivity contribution in [3.63, 3.8) is 0 Å². The summed E-state index contributed by atoms with van der Waals surface area (Å²) in [5.41, 5.74) is 4.49. The lowest BCUT2D eigenvalue weighted by molar-refractivity contribution is -0.139.